The lowest BCUT2D eigenvalue weighted by Crippen LogP contribution is -2.38. The van der Waals surface area contributed by atoms with Gasteiger partial charge in [-0.15, -0.1) is 11.3 Å². The topological polar surface area (TPSA) is 56.4 Å². The Hall–Kier alpha value is -5.07. The Labute approximate surface area is 225 Å². The molecule has 5 aromatic carbocycles. The molecular weight excluding hydrogens is 502 g/mol. The zero-order valence-corrected chi connectivity index (χ0v) is 21.4. The third-order valence-electron chi connectivity index (χ3n) is 7.41. The molecule has 0 unspecified atom stereocenters. The summed E-state index contributed by atoms with van der Waals surface area (Å²) in [6, 6.07) is 37.7. The van der Waals surface area contributed by atoms with Gasteiger partial charge in [0.25, 0.3) is 0 Å². The van der Waals surface area contributed by atoms with Crippen molar-refractivity contribution in [1.82, 2.24) is 14.0 Å². The van der Waals surface area contributed by atoms with E-state index in [9.17, 15) is 9.59 Å². The molecule has 0 aliphatic carbocycles. The number of thiophene rings is 1. The van der Waals surface area contributed by atoms with Crippen molar-refractivity contribution in [2.45, 2.75) is 0 Å². The first-order valence-corrected chi connectivity index (χ1v) is 13.5. The third-order valence-corrected chi connectivity index (χ3v) is 8.63. The quantitative estimate of drug-likeness (QED) is 0.226. The molecule has 0 amide bonds. The van der Waals surface area contributed by atoms with Crippen molar-refractivity contribution in [3.63, 3.8) is 0 Å². The molecule has 0 N–H and O–H groups in total. The van der Waals surface area contributed by atoms with Crippen molar-refractivity contribution in [2.24, 2.45) is 0 Å². The van der Waals surface area contributed by atoms with Gasteiger partial charge in [0.1, 0.15) is 0 Å². The van der Waals surface area contributed by atoms with Gasteiger partial charge < -0.3 is 0 Å². The maximum atomic E-state index is 14.1. The van der Waals surface area contributed by atoms with Crippen LogP contribution >= 0.6 is 11.3 Å². The second-order valence-corrected chi connectivity index (χ2v) is 10.6. The summed E-state index contributed by atoms with van der Waals surface area (Å²) in [6.07, 6.45) is 0. The molecule has 0 radical (unpaired) electrons. The number of fused-ring (bicyclic) bond motifs is 9. The molecule has 3 heterocycles. The van der Waals surface area contributed by atoms with E-state index in [1.165, 1.54) is 24.7 Å². The Morgan fingerprint density at radius 3 is 2.18 bits per heavy atom. The summed E-state index contributed by atoms with van der Waals surface area (Å²) in [5, 5.41) is 5.07. The maximum absolute atomic E-state index is 14.1. The number of aromatic nitrogens is 3. The van der Waals surface area contributed by atoms with Crippen LogP contribution in [-0.2, 0) is 0 Å². The van der Waals surface area contributed by atoms with Gasteiger partial charge in [-0.3, -0.25) is 0 Å². The lowest BCUT2D eigenvalue weighted by Gasteiger charge is -2.13. The Morgan fingerprint density at radius 2 is 1.31 bits per heavy atom. The highest BCUT2D eigenvalue weighted by molar-refractivity contribution is 7.26. The second kappa shape index (κ2) is 8.21. The van der Waals surface area contributed by atoms with Gasteiger partial charge in [-0.25, -0.2) is 18.6 Å². The molecule has 0 aliphatic heterocycles. The predicted octanol–water partition coefficient (Wildman–Crippen LogP) is 7.19. The molecule has 0 spiro atoms. The number of nitrogens with zero attached hydrogens (tertiary/aromatic N) is 3. The van der Waals surface area contributed by atoms with Crippen LogP contribution in [0.4, 0.5) is 0 Å². The minimum Gasteiger partial charge on any atom is -0.247 e. The van der Waals surface area contributed by atoms with E-state index >= 15 is 0 Å². The molecular formula is C33H19N3O2S. The monoisotopic (exact) mass is 521 g/mol. The summed E-state index contributed by atoms with van der Waals surface area (Å²) in [4.78, 5) is 32.0. The van der Waals surface area contributed by atoms with Gasteiger partial charge >= 0.3 is 11.4 Å². The second-order valence-electron chi connectivity index (χ2n) is 9.56. The van der Waals surface area contributed by atoms with Crippen LogP contribution < -0.4 is 11.4 Å². The van der Waals surface area contributed by atoms with Crippen LogP contribution in [-0.4, -0.2) is 14.0 Å². The molecule has 8 aromatic rings. The van der Waals surface area contributed by atoms with E-state index in [0.717, 1.165) is 27.3 Å². The first kappa shape index (κ1) is 22.0. The highest BCUT2D eigenvalue weighted by atomic mass is 32.1. The summed E-state index contributed by atoms with van der Waals surface area (Å²) in [5.41, 5.74) is 2.52. The zero-order chi connectivity index (χ0) is 26.1. The summed E-state index contributed by atoms with van der Waals surface area (Å²) >= 11 is 1.75. The van der Waals surface area contributed by atoms with Gasteiger partial charge in [-0.1, -0.05) is 91.0 Å². The summed E-state index contributed by atoms with van der Waals surface area (Å²) in [5.74, 6) is 0. The van der Waals surface area contributed by atoms with Crippen molar-refractivity contribution >= 4 is 58.8 Å². The fourth-order valence-electron chi connectivity index (χ4n) is 5.68. The van der Waals surface area contributed by atoms with E-state index < -0.39 is 11.4 Å². The van der Waals surface area contributed by atoms with Crippen LogP contribution in [0, 0.1) is 0 Å². The average molecular weight is 522 g/mol. The number of rotatable bonds is 2. The molecule has 39 heavy (non-hydrogen) atoms. The van der Waals surface area contributed by atoms with Gasteiger partial charge in [-0.05, 0) is 40.8 Å². The van der Waals surface area contributed by atoms with Crippen molar-refractivity contribution in [3.05, 3.63) is 136 Å². The number of hydrogen-bond acceptors (Lipinski definition) is 4. The van der Waals surface area contributed by atoms with Crippen molar-refractivity contribution in [2.75, 3.05) is 0 Å². The molecule has 8 rings (SSSR count). The Balaban J connectivity index is 1.41. The van der Waals surface area contributed by atoms with Gasteiger partial charge in [0, 0.05) is 30.9 Å². The number of para-hydroxylation sites is 1. The van der Waals surface area contributed by atoms with Gasteiger partial charge in [-0.2, -0.15) is 4.98 Å². The molecule has 0 aliphatic rings. The molecule has 184 valence electrons. The predicted molar refractivity (Wildman–Crippen MR) is 160 cm³/mol. The van der Waals surface area contributed by atoms with Gasteiger partial charge in [0.15, 0.2) is 5.65 Å². The van der Waals surface area contributed by atoms with E-state index in [1.54, 1.807) is 21.8 Å². The van der Waals surface area contributed by atoms with Crippen molar-refractivity contribution in [3.8, 4) is 16.8 Å². The molecule has 0 saturated carbocycles. The smallest absolute Gasteiger partial charge is 0.247 e. The molecule has 0 bridgehead atoms. The number of benzene rings is 5. The van der Waals surface area contributed by atoms with Crippen molar-refractivity contribution < 1.29 is 0 Å². The Morgan fingerprint density at radius 1 is 0.615 bits per heavy atom. The number of pyridine rings is 1. The minimum absolute atomic E-state index is 0.363. The lowest BCUT2D eigenvalue weighted by molar-refractivity contribution is 0.810. The summed E-state index contributed by atoms with van der Waals surface area (Å²) in [7, 11) is 0. The van der Waals surface area contributed by atoms with Crippen LogP contribution in [0.1, 0.15) is 0 Å². The zero-order valence-electron chi connectivity index (χ0n) is 20.5. The molecule has 0 saturated heterocycles. The normalized spacial score (nSPS) is 11.8. The molecule has 0 fully saturated rings. The largest absolute Gasteiger partial charge is 0.358 e. The van der Waals surface area contributed by atoms with Crippen molar-refractivity contribution in [1.29, 1.82) is 0 Å². The first-order valence-electron chi connectivity index (χ1n) is 12.7. The Kier molecular flexibility index (Phi) is 4.63. The van der Waals surface area contributed by atoms with E-state index in [0.29, 0.717) is 16.9 Å². The summed E-state index contributed by atoms with van der Waals surface area (Å²) in [6.45, 7) is 0. The number of hydrogen-bond donors (Lipinski definition) is 0. The average Bonchev–Trinajstić information content (AvgIpc) is 3.36. The van der Waals surface area contributed by atoms with Crippen LogP contribution in [0.3, 0.4) is 0 Å². The molecule has 6 heteroatoms. The third kappa shape index (κ3) is 3.15. The lowest BCUT2D eigenvalue weighted by atomic mass is 10.0. The highest BCUT2D eigenvalue weighted by Crippen LogP contribution is 2.40. The molecule has 0 atom stereocenters. The van der Waals surface area contributed by atoms with E-state index in [-0.39, 0.29) is 0 Å². The van der Waals surface area contributed by atoms with Crippen LogP contribution in [0.2, 0.25) is 0 Å². The van der Waals surface area contributed by atoms with E-state index in [4.69, 9.17) is 0 Å². The summed E-state index contributed by atoms with van der Waals surface area (Å²) < 4.78 is 5.12. The fourth-order valence-corrected chi connectivity index (χ4v) is 6.92. The highest BCUT2D eigenvalue weighted by Gasteiger charge is 2.17. The van der Waals surface area contributed by atoms with Crippen LogP contribution in [0.5, 0.6) is 0 Å². The first-order chi connectivity index (χ1) is 19.2. The SMILES string of the molecule is O=c1nc2c3ccccc3c3ccccc3n2c(=O)n1-c1cccc(-c2cccc3c2sc2ccccc23)c1. The fraction of sp³-hybridized carbons (Fsp3) is 0. The molecule has 3 aromatic heterocycles. The van der Waals surface area contributed by atoms with Crippen LogP contribution in [0.25, 0.3) is 64.3 Å². The van der Waals surface area contributed by atoms with E-state index in [1.807, 2.05) is 66.7 Å². The van der Waals surface area contributed by atoms with E-state index in [2.05, 4.69) is 47.4 Å². The van der Waals surface area contributed by atoms with Crippen LogP contribution in [0.15, 0.2) is 125 Å². The minimum atomic E-state index is -0.599. The molecule has 5 nitrogen and oxygen atoms in total. The maximum Gasteiger partial charge on any atom is 0.358 e. The Bertz CT molecular complexity index is 2400. The van der Waals surface area contributed by atoms with Gasteiger partial charge in [0.2, 0.25) is 0 Å². The standard InChI is InChI=1S/C33H19N3O2S/c37-32-34-31-27-14-2-1-11-23(27)24-12-3-5-17-28(24)36(31)33(38)35(32)21-10-7-9-20(19-21)22-15-8-16-26-25-13-4-6-18-29(25)39-30(22)26/h1-19H. The van der Waals surface area contributed by atoms with Gasteiger partial charge in [0.05, 0.1) is 11.2 Å².